The first-order chi connectivity index (χ1) is 34.6. The summed E-state index contributed by atoms with van der Waals surface area (Å²) in [5, 5.41) is 2.29. The van der Waals surface area contributed by atoms with Crippen LogP contribution < -0.4 is 14.5 Å². The maximum atomic E-state index is 7.08. The summed E-state index contributed by atoms with van der Waals surface area (Å²) >= 11 is 0. The second-order valence-corrected chi connectivity index (χ2v) is 21.8. The van der Waals surface area contributed by atoms with Crippen LogP contribution in [0.1, 0.15) is 82.7 Å². The third kappa shape index (κ3) is 8.41. The van der Waals surface area contributed by atoms with Crippen LogP contribution in [0.2, 0.25) is 0 Å². The molecule has 0 atom stereocenters. The smallest absolute Gasteiger partial charge is 0.145 e. The Morgan fingerprint density at radius 1 is 0.500 bits per heavy atom. The highest BCUT2D eigenvalue weighted by Crippen LogP contribution is 2.48. The molecule has 5 nitrogen and oxygen atoms in total. The van der Waals surface area contributed by atoms with E-state index in [1.807, 2.05) is 12.3 Å². The van der Waals surface area contributed by atoms with Crippen LogP contribution in [0, 0.1) is 13.8 Å². The Hall–Kier alpha value is -7.89. The molecule has 2 aliphatic rings. The molecule has 2 aromatic heterocycles. The molecular weight excluding hydrogens is 877 g/mol. The van der Waals surface area contributed by atoms with E-state index in [0.717, 1.165) is 51.4 Å². The molecule has 0 saturated carbocycles. The van der Waals surface area contributed by atoms with E-state index < -0.39 is 0 Å². The minimum atomic E-state index is -0.264. The van der Waals surface area contributed by atoms with E-state index in [1.54, 1.807) is 0 Å². The van der Waals surface area contributed by atoms with Crippen molar-refractivity contribution in [2.75, 3.05) is 16.5 Å². The molecule has 1 aliphatic carbocycles. The minimum Gasteiger partial charge on any atom is -0.457 e. The van der Waals surface area contributed by atoms with Gasteiger partial charge in [0.15, 0.2) is 0 Å². The molecule has 11 rings (SSSR count). The Labute approximate surface area is 426 Å². The van der Waals surface area contributed by atoms with E-state index in [1.165, 1.54) is 67.0 Å². The van der Waals surface area contributed by atoms with Crippen molar-refractivity contribution in [1.29, 1.82) is 0 Å². The zero-order valence-electron chi connectivity index (χ0n) is 43.2. The maximum absolute atomic E-state index is 7.08. The quantitative estimate of drug-likeness (QED) is 0.137. The van der Waals surface area contributed by atoms with Crippen molar-refractivity contribution in [3.8, 4) is 28.3 Å². The van der Waals surface area contributed by atoms with Gasteiger partial charge in [0.1, 0.15) is 17.1 Å². The second kappa shape index (κ2) is 18.1. The van der Waals surface area contributed by atoms with Gasteiger partial charge in [-0.1, -0.05) is 170 Å². The molecule has 358 valence electrons. The summed E-state index contributed by atoms with van der Waals surface area (Å²) < 4.78 is 9.36. The monoisotopic (exact) mass is 941 g/mol. The number of benzene rings is 7. The van der Waals surface area contributed by atoms with Crippen LogP contribution in [0.4, 0.5) is 17.1 Å². The number of allylic oxidation sites excluding steroid dienone is 5. The summed E-state index contributed by atoms with van der Waals surface area (Å²) in [5.41, 5.74) is 18.4. The van der Waals surface area contributed by atoms with Gasteiger partial charge < -0.3 is 14.5 Å². The number of anilines is 3. The Balaban J connectivity index is 1.01. The Bertz CT molecular complexity index is 3550. The van der Waals surface area contributed by atoms with Gasteiger partial charge in [-0.3, -0.25) is 4.57 Å². The van der Waals surface area contributed by atoms with E-state index in [-0.39, 0.29) is 16.2 Å². The Morgan fingerprint density at radius 3 is 1.88 bits per heavy atom. The van der Waals surface area contributed by atoms with Gasteiger partial charge in [0, 0.05) is 57.7 Å². The molecule has 0 fully saturated rings. The van der Waals surface area contributed by atoms with E-state index in [2.05, 4.69) is 265 Å². The minimum absolute atomic E-state index is 0.0407. The van der Waals surface area contributed by atoms with Crippen LogP contribution in [-0.4, -0.2) is 16.2 Å². The van der Waals surface area contributed by atoms with Crippen molar-refractivity contribution in [3.63, 3.8) is 0 Å². The summed E-state index contributed by atoms with van der Waals surface area (Å²) in [7, 11) is 0. The van der Waals surface area contributed by atoms with Crippen molar-refractivity contribution in [2.24, 2.45) is 0 Å². The number of aromatic nitrogens is 2. The Kier molecular flexibility index (Phi) is 11.7. The lowest BCUT2D eigenvalue weighted by atomic mass is 9.73. The van der Waals surface area contributed by atoms with Gasteiger partial charge >= 0.3 is 0 Å². The average Bonchev–Trinajstić information content (AvgIpc) is 3.83. The number of pyridine rings is 1. The molecule has 0 N–H and O–H groups in total. The third-order valence-corrected chi connectivity index (χ3v) is 15.4. The summed E-state index contributed by atoms with van der Waals surface area (Å²) in [6, 6.07) is 63.5. The van der Waals surface area contributed by atoms with Crippen molar-refractivity contribution >= 4 is 39.0 Å². The fourth-order valence-electron chi connectivity index (χ4n) is 11.0. The average molecular weight is 941 g/mol. The molecule has 0 spiro atoms. The van der Waals surface area contributed by atoms with Gasteiger partial charge in [0.05, 0.1) is 29.2 Å². The molecule has 7 aromatic carbocycles. The van der Waals surface area contributed by atoms with Crippen molar-refractivity contribution in [3.05, 3.63) is 245 Å². The predicted molar refractivity (Wildman–Crippen MR) is 302 cm³/mol. The molecule has 5 heteroatoms. The number of aryl methyl sites for hydroxylation is 2. The molecule has 0 unspecified atom stereocenters. The van der Waals surface area contributed by atoms with Gasteiger partial charge in [-0.2, -0.15) is 0 Å². The van der Waals surface area contributed by atoms with Gasteiger partial charge in [-0.05, 0) is 130 Å². The lowest BCUT2D eigenvalue weighted by Gasteiger charge is -2.31. The van der Waals surface area contributed by atoms with E-state index >= 15 is 0 Å². The number of fused-ring (bicyclic) bond motifs is 4. The third-order valence-electron chi connectivity index (χ3n) is 15.4. The number of rotatable bonds is 10. The van der Waals surface area contributed by atoms with Gasteiger partial charge in [0.25, 0.3) is 0 Å². The molecule has 0 bridgehead atoms. The van der Waals surface area contributed by atoms with Crippen molar-refractivity contribution in [2.45, 2.75) is 85.0 Å². The summed E-state index contributed by atoms with van der Waals surface area (Å²) in [6.45, 7) is 21.4. The SMILES string of the molecule is Cc1cccc(C)c1-c1cc(Oc2cccc(N3CN(C4=CC(C(C)(C)c5ccccc5)=CC(C(C)(C)c5ccccc5)=CC4)c4ccc(C(C)(C)C)cc43)c2)cc(-n2c3ccccc3c3cccnc32)c1. The summed E-state index contributed by atoms with van der Waals surface area (Å²) in [4.78, 5) is 9.95. The highest BCUT2D eigenvalue weighted by atomic mass is 16.5. The standard InChI is InChI=1S/C67H64N4O/c1-45-21-18-22-46(2)63(45)47-37-55(71-60-31-17-16-29-58(60)59-30-20-36-68-64(59)71)43-57(38-47)72-56-28-19-27-53(42-56)70-44-69(61-35-33-50(41-62(61)70)65(3,4)5)54-34-32-51(66(6,7)48-23-12-10-13-24-48)39-52(40-54)67(8,9)49-25-14-11-15-26-49/h10-33,35-43H,34,44H2,1-9H3. The first-order valence-electron chi connectivity index (χ1n) is 25.4. The van der Waals surface area contributed by atoms with Crippen LogP contribution in [0.3, 0.4) is 0 Å². The van der Waals surface area contributed by atoms with Crippen LogP contribution in [0.5, 0.6) is 11.5 Å². The lowest BCUT2D eigenvalue weighted by molar-refractivity contribution is 0.483. The largest absolute Gasteiger partial charge is 0.457 e. The molecule has 9 aromatic rings. The van der Waals surface area contributed by atoms with Crippen LogP contribution >= 0.6 is 0 Å². The summed E-state index contributed by atoms with van der Waals surface area (Å²) in [5.74, 6) is 1.52. The van der Waals surface area contributed by atoms with Gasteiger partial charge in [-0.15, -0.1) is 0 Å². The van der Waals surface area contributed by atoms with Gasteiger partial charge in [0.2, 0.25) is 0 Å². The number of hydrogen-bond acceptors (Lipinski definition) is 4. The fraction of sp³-hybridized carbons (Fsp3) is 0.209. The molecule has 3 heterocycles. The zero-order valence-corrected chi connectivity index (χ0v) is 43.2. The number of hydrogen-bond donors (Lipinski definition) is 0. The van der Waals surface area contributed by atoms with E-state index in [9.17, 15) is 0 Å². The first kappa shape index (κ1) is 46.5. The van der Waals surface area contributed by atoms with Crippen LogP contribution in [-0.2, 0) is 16.2 Å². The van der Waals surface area contributed by atoms with Crippen molar-refractivity contribution in [1.82, 2.24) is 9.55 Å². The molecular formula is C67H64N4O. The molecule has 0 radical (unpaired) electrons. The predicted octanol–water partition coefficient (Wildman–Crippen LogP) is 17.6. The Morgan fingerprint density at radius 2 is 1.15 bits per heavy atom. The topological polar surface area (TPSA) is 33.5 Å². The summed E-state index contributed by atoms with van der Waals surface area (Å²) in [6.07, 6.45) is 10.1. The molecule has 1 aliphatic heterocycles. The maximum Gasteiger partial charge on any atom is 0.145 e. The number of para-hydroxylation sites is 1. The number of ether oxygens (including phenoxy) is 1. The van der Waals surface area contributed by atoms with Gasteiger partial charge in [-0.25, -0.2) is 4.98 Å². The second-order valence-electron chi connectivity index (χ2n) is 21.8. The molecule has 72 heavy (non-hydrogen) atoms. The first-order valence-corrected chi connectivity index (χ1v) is 25.4. The fourth-order valence-corrected chi connectivity index (χ4v) is 11.0. The zero-order chi connectivity index (χ0) is 49.9. The number of nitrogens with zero attached hydrogens (tertiary/aromatic N) is 4. The van der Waals surface area contributed by atoms with Crippen molar-refractivity contribution < 1.29 is 4.74 Å². The molecule has 0 amide bonds. The van der Waals surface area contributed by atoms with Crippen LogP contribution in [0.25, 0.3) is 38.8 Å². The highest BCUT2D eigenvalue weighted by molar-refractivity contribution is 6.08. The normalized spacial score (nSPS) is 14.3. The highest BCUT2D eigenvalue weighted by Gasteiger charge is 2.35. The van der Waals surface area contributed by atoms with E-state index in [0.29, 0.717) is 6.67 Å². The molecule has 0 saturated heterocycles. The van der Waals surface area contributed by atoms with E-state index in [4.69, 9.17) is 9.72 Å². The van der Waals surface area contributed by atoms with Crippen LogP contribution in [0.15, 0.2) is 217 Å². The lowest BCUT2D eigenvalue weighted by Crippen LogP contribution is -2.28.